The van der Waals surface area contributed by atoms with Gasteiger partial charge in [0.2, 0.25) is 0 Å². The molecule has 3 aliphatic rings. The molecule has 4 atom stereocenters. The van der Waals surface area contributed by atoms with E-state index in [2.05, 4.69) is 226 Å². The summed E-state index contributed by atoms with van der Waals surface area (Å²) in [6, 6.07) is 64.1. The van der Waals surface area contributed by atoms with Crippen LogP contribution in [0.4, 0.5) is 11.4 Å². The molecule has 270 valence electrons. The molecule has 5 nitrogen and oxygen atoms in total. The molecule has 56 heavy (non-hydrogen) atoms. The summed E-state index contributed by atoms with van der Waals surface area (Å²) in [7, 11) is 0. The summed E-state index contributed by atoms with van der Waals surface area (Å²) < 4.78 is 2.38. The molecule has 2 aliphatic heterocycles. The smallest absolute Gasteiger partial charge is 0.0865 e. The van der Waals surface area contributed by atoms with Crippen molar-refractivity contribution in [2.24, 2.45) is 0 Å². The molecule has 3 N–H and O–H groups in total. The SMILES string of the molecule is C1=CC2c3cc(-c4ccc(-n5c6ccccc6c6ccccc65)cc4)ccc3N(c3cccc(C4NC(c5ccccc5)NC(c5ccccc5)N4)c3)C2C=C1. The van der Waals surface area contributed by atoms with Crippen molar-refractivity contribution in [1.82, 2.24) is 20.5 Å². The molecule has 1 saturated heterocycles. The molecule has 1 fully saturated rings. The van der Waals surface area contributed by atoms with Crippen LogP contribution in [0.2, 0.25) is 0 Å². The largest absolute Gasteiger partial charge is 0.333 e. The zero-order chi connectivity index (χ0) is 37.0. The highest BCUT2D eigenvalue weighted by Crippen LogP contribution is 2.49. The molecule has 5 heteroatoms. The molecule has 11 rings (SSSR count). The maximum atomic E-state index is 3.87. The number of nitrogens with zero attached hydrogens (tertiary/aromatic N) is 2. The van der Waals surface area contributed by atoms with Gasteiger partial charge in [-0.2, -0.15) is 0 Å². The number of hydrogen-bond donors (Lipinski definition) is 3. The fraction of sp³-hybridized carbons (Fsp3) is 0.0980. The first-order valence-electron chi connectivity index (χ1n) is 19.6. The Balaban J connectivity index is 0.926. The highest BCUT2D eigenvalue weighted by Gasteiger charge is 2.38. The van der Waals surface area contributed by atoms with Gasteiger partial charge in [0, 0.05) is 33.8 Å². The first-order valence-corrected chi connectivity index (χ1v) is 19.6. The number of rotatable bonds is 6. The summed E-state index contributed by atoms with van der Waals surface area (Å²) in [5, 5.41) is 14.1. The van der Waals surface area contributed by atoms with E-state index in [1.165, 1.54) is 72.2 Å². The molecule has 0 spiro atoms. The van der Waals surface area contributed by atoms with E-state index in [0.717, 1.165) is 0 Å². The van der Waals surface area contributed by atoms with Crippen LogP contribution in [0.15, 0.2) is 200 Å². The molecule has 0 radical (unpaired) electrons. The van der Waals surface area contributed by atoms with Gasteiger partial charge in [0.1, 0.15) is 0 Å². The first kappa shape index (κ1) is 32.9. The average Bonchev–Trinajstić information content (AvgIpc) is 3.80. The Kier molecular flexibility index (Phi) is 8.02. The molecule has 7 aromatic carbocycles. The van der Waals surface area contributed by atoms with E-state index in [4.69, 9.17) is 0 Å². The van der Waals surface area contributed by atoms with E-state index in [0.29, 0.717) is 0 Å². The van der Waals surface area contributed by atoms with Gasteiger partial charge in [-0.3, -0.25) is 16.0 Å². The molecule has 8 aromatic rings. The third-order valence-corrected chi connectivity index (χ3v) is 11.8. The highest BCUT2D eigenvalue weighted by atomic mass is 15.4. The summed E-state index contributed by atoms with van der Waals surface area (Å²) in [5.41, 5.74) is 13.5. The van der Waals surface area contributed by atoms with E-state index in [1.54, 1.807) is 0 Å². The quantitative estimate of drug-likeness (QED) is 0.160. The van der Waals surface area contributed by atoms with Crippen LogP contribution in [0, 0.1) is 0 Å². The molecule has 4 unspecified atom stereocenters. The molecule has 1 aromatic heterocycles. The zero-order valence-corrected chi connectivity index (χ0v) is 30.8. The minimum absolute atomic E-state index is 0.0194. The van der Waals surface area contributed by atoms with E-state index >= 15 is 0 Å². The monoisotopic (exact) mass is 723 g/mol. The lowest BCUT2D eigenvalue weighted by atomic mass is 9.89. The predicted molar refractivity (Wildman–Crippen MR) is 230 cm³/mol. The summed E-state index contributed by atoms with van der Waals surface area (Å²) in [5.74, 6) is 0.260. The summed E-state index contributed by atoms with van der Waals surface area (Å²) in [6.45, 7) is 0. The van der Waals surface area contributed by atoms with Crippen molar-refractivity contribution in [1.29, 1.82) is 0 Å². The van der Waals surface area contributed by atoms with Crippen molar-refractivity contribution >= 4 is 33.2 Å². The third kappa shape index (κ3) is 5.59. The van der Waals surface area contributed by atoms with Gasteiger partial charge >= 0.3 is 0 Å². The Morgan fingerprint density at radius 3 is 1.62 bits per heavy atom. The summed E-state index contributed by atoms with van der Waals surface area (Å²) in [4.78, 5) is 2.53. The number of anilines is 2. The second-order valence-corrected chi connectivity index (χ2v) is 15.1. The number of allylic oxidation sites excluding steroid dienone is 2. The summed E-state index contributed by atoms with van der Waals surface area (Å²) in [6.07, 6.45) is 9.02. The third-order valence-electron chi connectivity index (χ3n) is 11.8. The lowest BCUT2D eigenvalue weighted by Crippen LogP contribution is -2.54. The molecular weight excluding hydrogens is 683 g/mol. The highest BCUT2D eigenvalue weighted by molar-refractivity contribution is 6.09. The second kappa shape index (κ2) is 13.7. The predicted octanol–water partition coefficient (Wildman–Crippen LogP) is 11.4. The maximum absolute atomic E-state index is 3.87. The van der Waals surface area contributed by atoms with E-state index in [1.807, 2.05) is 0 Å². The Morgan fingerprint density at radius 2 is 0.964 bits per heavy atom. The van der Waals surface area contributed by atoms with Crippen LogP contribution in [0.5, 0.6) is 0 Å². The Labute approximate surface area is 327 Å². The van der Waals surface area contributed by atoms with Crippen LogP contribution in [-0.2, 0) is 0 Å². The van der Waals surface area contributed by atoms with Crippen LogP contribution in [0.1, 0.15) is 46.7 Å². The Morgan fingerprint density at radius 1 is 0.411 bits per heavy atom. The number of aromatic nitrogens is 1. The van der Waals surface area contributed by atoms with Gasteiger partial charge < -0.3 is 9.47 Å². The minimum Gasteiger partial charge on any atom is -0.333 e. The minimum atomic E-state index is -0.0702. The normalized spacial score (nSPS) is 21.4. The van der Waals surface area contributed by atoms with Crippen molar-refractivity contribution in [3.63, 3.8) is 0 Å². The van der Waals surface area contributed by atoms with Crippen molar-refractivity contribution in [2.45, 2.75) is 30.5 Å². The maximum Gasteiger partial charge on any atom is 0.0865 e. The topological polar surface area (TPSA) is 44.3 Å². The zero-order valence-electron chi connectivity index (χ0n) is 30.8. The fourth-order valence-electron chi connectivity index (χ4n) is 9.19. The molecular formula is C51H41N5. The fourth-order valence-corrected chi connectivity index (χ4v) is 9.19. The number of para-hydroxylation sites is 2. The van der Waals surface area contributed by atoms with Crippen molar-refractivity contribution < 1.29 is 0 Å². The van der Waals surface area contributed by atoms with Gasteiger partial charge in [-0.1, -0.05) is 152 Å². The number of fused-ring (bicyclic) bond motifs is 6. The van der Waals surface area contributed by atoms with Crippen LogP contribution in [0.25, 0.3) is 38.6 Å². The number of benzene rings is 7. The standard InChI is InChI=1S/C51H41N5/c1-3-14-35(15-4-1)49-52-50(36-16-5-2-6-17-36)54-51(53-49)38-18-13-19-40(32-38)56-47-25-12-9-22-43(47)44-33-37(28-31-48(44)56)34-26-29-39(30-27-34)55-45-23-10-7-20-41(45)42-21-8-11-24-46(42)55/h1-33,43,47,49-54H. The molecule has 0 bridgehead atoms. The van der Waals surface area contributed by atoms with Crippen LogP contribution < -0.4 is 20.9 Å². The van der Waals surface area contributed by atoms with Gasteiger partial charge in [0.25, 0.3) is 0 Å². The lowest BCUT2D eigenvalue weighted by molar-refractivity contribution is 0.203. The van der Waals surface area contributed by atoms with Gasteiger partial charge in [0.05, 0.1) is 35.6 Å². The van der Waals surface area contributed by atoms with Crippen molar-refractivity contribution in [2.75, 3.05) is 4.90 Å². The van der Waals surface area contributed by atoms with Gasteiger partial charge in [0.15, 0.2) is 0 Å². The number of nitrogens with one attached hydrogen (secondary N) is 3. The van der Waals surface area contributed by atoms with Gasteiger partial charge in [-0.15, -0.1) is 0 Å². The lowest BCUT2D eigenvalue weighted by Gasteiger charge is -2.40. The molecule has 0 amide bonds. The summed E-state index contributed by atoms with van der Waals surface area (Å²) >= 11 is 0. The van der Waals surface area contributed by atoms with Crippen LogP contribution in [-0.4, -0.2) is 10.6 Å². The van der Waals surface area contributed by atoms with Crippen LogP contribution >= 0.6 is 0 Å². The number of hydrogen-bond acceptors (Lipinski definition) is 4. The van der Waals surface area contributed by atoms with E-state index in [9.17, 15) is 0 Å². The average molecular weight is 724 g/mol. The van der Waals surface area contributed by atoms with Crippen molar-refractivity contribution in [3.05, 3.63) is 222 Å². The van der Waals surface area contributed by atoms with Crippen molar-refractivity contribution in [3.8, 4) is 16.8 Å². The molecule has 3 heterocycles. The van der Waals surface area contributed by atoms with Gasteiger partial charge in [-0.05, 0) is 81.9 Å². The second-order valence-electron chi connectivity index (χ2n) is 15.1. The van der Waals surface area contributed by atoms with E-state index < -0.39 is 0 Å². The Hall–Kier alpha value is -6.50. The molecule has 0 saturated carbocycles. The van der Waals surface area contributed by atoms with Crippen LogP contribution in [0.3, 0.4) is 0 Å². The van der Waals surface area contributed by atoms with Gasteiger partial charge in [-0.25, -0.2) is 0 Å². The van der Waals surface area contributed by atoms with E-state index in [-0.39, 0.29) is 30.5 Å². The Bertz CT molecular complexity index is 2670. The molecule has 1 aliphatic carbocycles. The first-order chi connectivity index (χ1) is 27.8.